The zero-order valence-electron chi connectivity index (χ0n) is 15.3. The predicted molar refractivity (Wildman–Crippen MR) is 104 cm³/mol. The molecular formula is C19H18FN3O4S. The largest absolute Gasteiger partial charge is 0.465 e. The van der Waals surface area contributed by atoms with E-state index in [-0.39, 0.29) is 32.6 Å². The molecular weight excluding hydrogens is 385 g/mol. The molecule has 1 N–H and O–H groups in total. The number of hydrogen-bond donors (Lipinski definition) is 1. The van der Waals surface area contributed by atoms with Crippen molar-refractivity contribution >= 4 is 29.2 Å². The lowest BCUT2D eigenvalue weighted by molar-refractivity contribution is 0.0603. The zero-order valence-corrected chi connectivity index (χ0v) is 16.1. The third-order valence-electron chi connectivity index (χ3n) is 4.23. The number of nitrogens with one attached hydrogen (secondary N) is 1. The molecule has 0 spiro atoms. The number of carbonyl (C=O) groups excluding carboxylic acids is 1. The molecule has 0 bridgehead atoms. The lowest BCUT2D eigenvalue weighted by atomic mass is 10.1. The number of aryl methyl sites for hydroxylation is 1. The Labute approximate surface area is 164 Å². The van der Waals surface area contributed by atoms with E-state index < -0.39 is 17.3 Å². The number of aromatic amines is 1. The van der Waals surface area contributed by atoms with Gasteiger partial charge >= 0.3 is 5.97 Å². The lowest BCUT2D eigenvalue weighted by Gasteiger charge is -2.14. The molecule has 2 aromatic heterocycles. The molecule has 0 aliphatic heterocycles. The van der Waals surface area contributed by atoms with Gasteiger partial charge in [-0.3, -0.25) is 9.78 Å². The SMILES string of the molecule is COCCCn1c(=S)[nH]c(=O)c2c(C(=O)OC)cc(-c3ccccc3F)nc21. The Morgan fingerprint density at radius 2 is 2.07 bits per heavy atom. The number of methoxy groups -OCH3 is 2. The van der Waals surface area contributed by atoms with Gasteiger partial charge in [-0.25, -0.2) is 14.2 Å². The molecule has 0 radical (unpaired) electrons. The summed E-state index contributed by atoms with van der Waals surface area (Å²) in [5, 5.41) is 0.0398. The molecule has 2 heterocycles. The molecule has 0 saturated heterocycles. The number of hydrogen-bond acceptors (Lipinski definition) is 6. The maximum atomic E-state index is 14.3. The Morgan fingerprint density at radius 1 is 1.32 bits per heavy atom. The first-order chi connectivity index (χ1) is 13.5. The molecule has 0 aliphatic carbocycles. The van der Waals surface area contributed by atoms with E-state index in [1.54, 1.807) is 29.9 Å². The molecule has 9 heteroatoms. The van der Waals surface area contributed by atoms with Crippen LogP contribution in [0.15, 0.2) is 35.1 Å². The summed E-state index contributed by atoms with van der Waals surface area (Å²) < 4.78 is 26.0. The van der Waals surface area contributed by atoms with Gasteiger partial charge in [-0.1, -0.05) is 12.1 Å². The lowest BCUT2D eigenvalue weighted by Crippen LogP contribution is -2.20. The number of halogens is 1. The molecule has 0 saturated carbocycles. The van der Waals surface area contributed by atoms with Crippen LogP contribution in [0, 0.1) is 10.6 Å². The highest BCUT2D eigenvalue weighted by Gasteiger charge is 2.20. The fraction of sp³-hybridized carbons (Fsp3) is 0.263. The Balaban J connectivity index is 2.38. The number of rotatable bonds is 6. The third kappa shape index (κ3) is 3.71. The van der Waals surface area contributed by atoms with Gasteiger partial charge in [-0.15, -0.1) is 0 Å². The molecule has 0 fully saturated rings. The number of H-pyrrole nitrogens is 1. The van der Waals surface area contributed by atoms with E-state index in [9.17, 15) is 14.0 Å². The summed E-state index contributed by atoms with van der Waals surface area (Å²) in [5.74, 6) is -1.23. The first-order valence-electron chi connectivity index (χ1n) is 8.48. The van der Waals surface area contributed by atoms with Crippen molar-refractivity contribution in [2.75, 3.05) is 20.8 Å². The summed E-state index contributed by atoms with van der Waals surface area (Å²) in [4.78, 5) is 31.9. The van der Waals surface area contributed by atoms with E-state index >= 15 is 0 Å². The quantitative estimate of drug-likeness (QED) is 0.387. The van der Waals surface area contributed by atoms with Gasteiger partial charge in [0.15, 0.2) is 4.77 Å². The number of nitrogens with zero attached hydrogens (tertiary/aromatic N) is 2. The number of fused-ring (bicyclic) bond motifs is 1. The Hall–Kier alpha value is -2.91. The topological polar surface area (TPSA) is 86.2 Å². The number of esters is 1. The van der Waals surface area contributed by atoms with Crippen LogP contribution in [-0.4, -0.2) is 41.3 Å². The first-order valence-corrected chi connectivity index (χ1v) is 8.88. The number of aromatic nitrogens is 3. The summed E-state index contributed by atoms with van der Waals surface area (Å²) in [6.07, 6.45) is 0.602. The van der Waals surface area contributed by atoms with Crippen LogP contribution in [0.4, 0.5) is 4.39 Å². The Kier molecular flexibility index (Phi) is 5.96. The second-order valence-corrected chi connectivity index (χ2v) is 6.37. The highest BCUT2D eigenvalue weighted by atomic mass is 32.1. The molecule has 0 amide bonds. The van der Waals surface area contributed by atoms with Gasteiger partial charge < -0.3 is 14.0 Å². The van der Waals surface area contributed by atoms with Crippen molar-refractivity contribution in [3.63, 3.8) is 0 Å². The van der Waals surface area contributed by atoms with E-state index in [2.05, 4.69) is 9.97 Å². The average molecular weight is 403 g/mol. The molecule has 7 nitrogen and oxygen atoms in total. The summed E-state index contributed by atoms with van der Waals surface area (Å²) in [6.45, 7) is 0.869. The van der Waals surface area contributed by atoms with Gasteiger partial charge in [0.05, 0.1) is 23.8 Å². The van der Waals surface area contributed by atoms with Crippen molar-refractivity contribution < 1.29 is 18.7 Å². The fourth-order valence-corrected chi connectivity index (χ4v) is 3.20. The predicted octanol–water partition coefficient (Wildman–Crippen LogP) is 3.08. The van der Waals surface area contributed by atoms with Crippen LogP contribution in [0.2, 0.25) is 0 Å². The molecule has 3 rings (SSSR count). The van der Waals surface area contributed by atoms with Gasteiger partial charge in [0.2, 0.25) is 0 Å². The van der Waals surface area contributed by atoms with Crippen molar-refractivity contribution in [2.45, 2.75) is 13.0 Å². The van der Waals surface area contributed by atoms with Gasteiger partial charge in [0, 0.05) is 25.8 Å². The van der Waals surface area contributed by atoms with Crippen LogP contribution in [0.3, 0.4) is 0 Å². The van der Waals surface area contributed by atoms with Crippen LogP contribution in [0.5, 0.6) is 0 Å². The van der Waals surface area contributed by atoms with Gasteiger partial charge in [-0.05, 0) is 36.8 Å². The van der Waals surface area contributed by atoms with Crippen molar-refractivity contribution in [3.05, 3.63) is 56.8 Å². The van der Waals surface area contributed by atoms with Gasteiger partial charge in [0.25, 0.3) is 5.56 Å². The van der Waals surface area contributed by atoms with E-state index in [0.717, 1.165) is 0 Å². The minimum Gasteiger partial charge on any atom is -0.465 e. The molecule has 146 valence electrons. The standard InChI is InChI=1S/C19H18FN3O4S/c1-26-9-5-8-23-16-15(17(24)22-19(23)28)12(18(25)27-2)10-14(21-16)11-6-3-4-7-13(11)20/h3-4,6-7,10H,5,8-9H2,1-2H3,(H,22,24,28). The van der Waals surface area contributed by atoms with Crippen LogP contribution in [0.1, 0.15) is 16.8 Å². The van der Waals surface area contributed by atoms with E-state index in [1.165, 1.54) is 19.2 Å². The first kappa shape index (κ1) is 19.8. The Morgan fingerprint density at radius 3 is 2.75 bits per heavy atom. The smallest absolute Gasteiger partial charge is 0.338 e. The van der Waals surface area contributed by atoms with Crippen LogP contribution >= 0.6 is 12.2 Å². The van der Waals surface area contributed by atoms with Crippen molar-refractivity contribution in [2.24, 2.45) is 0 Å². The third-order valence-corrected chi connectivity index (χ3v) is 4.56. The van der Waals surface area contributed by atoms with Crippen molar-refractivity contribution in [1.29, 1.82) is 0 Å². The van der Waals surface area contributed by atoms with Crippen molar-refractivity contribution in [3.8, 4) is 11.3 Å². The van der Waals surface area contributed by atoms with Gasteiger partial charge in [-0.2, -0.15) is 0 Å². The van der Waals surface area contributed by atoms with Crippen LogP contribution in [0.25, 0.3) is 22.3 Å². The fourth-order valence-electron chi connectivity index (χ4n) is 2.93. The second-order valence-electron chi connectivity index (χ2n) is 5.98. The number of pyridine rings is 1. The molecule has 3 aromatic rings. The molecule has 0 atom stereocenters. The van der Waals surface area contributed by atoms with Crippen molar-refractivity contribution in [1.82, 2.24) is 14.5 Å². The summed E-state index contributed by atoms with van der Waals surface area (Å²) in [7, 11) is 2.79. The Bertz CT molecular complexity index is 1160. The highest BCUT2D eigenvalue weighted by molar-refractivity contribution is 7.71. The minimum atomic E-state index is -0.726. The van der Waals surface area contributed by atoms with E-state index in [4.69, 9.17) is 21.7 Å². The monoisotopic (exact) mass is 403 g/mol. The molecule has 28 heavy (non-hydrogen) atoms. The van der Waals surface area contributed by atoms with Crippen LogP contribution < -0.4 is 5.56 Å². The average Bonchev–Trinajstić information content (AvgIpc) is 2.69. The van der Waals surface area contributed by atoms with E-state index in [0.29, 0.717) is 19.6 Å². The second kappa shape index (κ2) is 8.41. The number of ether oxygens (including phenoxy) is 2. The molecule has 0 unspecified atom stereocenters. The molecule has 0 aliphatic rings. The summed E-state index contributed by atoms with van der Waals surface area (Å²) in [5.41, 5.74) is 0.0140. The normalized spacial score (nSPS) is 11.0. The highest BCUT2D eigenvalue weighted by Crippen LogP contribution is 2.26. The van der Waals surface area contributed by atoms with Crippen LogP contribution in [-0.2, 0) is 16.0 Å². The summed E-state index contributed by atoms with van der Waals surface area (Å²) >= 11 is 5.28. The number of benzene rings is 1. The maximum Gasteiger partial charge on any atom is 0.338 e. The summed E-state index contributed by atoms with van der Waals surface area (Å²) in [6, 6.07) is 7.40. The molecule has 1 aromatic carbocycles. The maximum absolute atomic E-state index is 14.3. The van der Waals surface area contributed by atoms with Gasteiger partial charge in [0.1, 0.15) is 11.5 Å². The number of carbonyl (C=O) groups is 1. The van der Waals surface area contributed by atoms with E-state index in [1.807, 2.05) is 0 Å². The zero-order chi connectivity index (χ0) is 20.3. The minimum absolute atomic E-state index is 0.0116.